The number of hydrogen-bond donors (Lipinski definition) is 0. The molecule has 11 rings (SSSR count). The van der Waals surface area contributed by atoms with Gasteiger partial charge in [-0.15, -0.1) is 47.5 Å². The smallest absolute Gasteiger partial charge is 0.260 e. The van der Waals surface area contributed by atoms with Crippen LogP contribution < -0.4 is 36.2 Å². The number of nitrogens with zero attached hydrogens (tertiary/aromatic N) is 2. The van der Waals surface area contributed by atoms with Crippen molar-refractivity contribution in [3.63, 3.8) is 0 Å². The van der Waals surface area contributed by atoms with Gasteiger partial charge in [0.05, 0.1) is 21.7 Å². The molecule has 3 aromatic heterocycles. The van der Waals surface area contributed by atoms with E-state index in [0.717, 1.165) is 89.4 Å². The number of pyridine rings is 2. The maximum atomic E-state index is 7.84. The first-order valence-corrected chi connectivity index (χ1v) is 27.7. The molecule has 0 amide bonds. The number of aromatic nitrogens is 2. The zero-order valence-electron chi connectivity index (χ0n) is 38.4. The monoisotopic (exact) mass is 1020 g/mol. The van der Waals surface area contributed by atoms with E-state index in [1.807, 2.05) is 91.3 Å². The third kappa shape index (κ3) is 7.58. The Hall–Kier alpha value is -5.83. The minimum Gasteiger partial charge on any atom is -0.501 e. The van der Waals surface area contributed by atoms with Gasteiger partial charge in [0.2, 0.25) is 0 Å². The molecule has 5 heterocycles. The van der Waals surface area contributed by atoms with Gasteiger partial charge in [0.1, 0.15) is 28.6 Å². The SMILES string of the molecule is C[Si](C)(C)c1ccc(-c2[c-]ccc3c2oc2cc4c(cc23)Oc2cccc3c2B4c2ccccc2O3)nc1.[2H]C([2H])([2H])c1c[c-]c(-c2ccc([Si](C)(C)C)cn2)cc1-c1ccccc1.[Ir]. The molecule has 9 aromatic rings. The van der Waals surface area contributed by atoms with Crippen molar-refractivity contribution in [2.45, 2.75) is 46.1 Å². The molecule has 0 bridgehead atoms. The van der Waals surface area contributed by atoms with Crippen molar-refractivity contribution >= 4 is 71.6 Å². The summed E-state index contributed by atoms with van der Waals surface area (Å²) in [4.78, 5) is 9.42. The molecule has 6 aromatic carbocycles. The minimum atomic E-state index is -2.19. The molecule has 9 heteroatoms. The topological polar surface area (TPSA) is 57.4 Å². The Balaban J connectivity index is 0.000000174. The molecule has 2 aliphatic rings. The maximum absolute atomic E-state index is 7.84. The average molecular weight is 1020 g/mol. The number of fused-ring (bicyclic) bond motifs is 7. The van der Waals surface area contributed by atoms with E-state index in [1.165, 1.54) is 10.4 Å². The van der Waals surface area contributed by atoms with Gasteiger partial charge < -0.3 is 23.9 Å². The second kappa shape index (κ2) is 16.1. The number of ether oxygens (including phenoxy) is 2. The van der Waals surface area contributed by atoms with Crippen molar-refractivity contribution in [1.29, 1.82) is 0 Å². The van der Waals surface area contributed by atoms with E-state index in [-0.39, 0.29) is 26.8 Å². The van der Waals surface area contributed by atoms with Gasteiger partial charge in [-0.1, -0.05) is 142 Å². The van der Waals surface area contributed by atoms with E-state index in [1.54, 1.807) is 6.07 Å². The first-order valence-electron chi connectivity index (χ1n) is 22.2. The molecule has 0 N–H and O–H groups in total. The number of rotatable bonds is 5. The molecular weight excluding hydrogens is 972 g/mol. The fourth-order valence-electron chi connectivity index (χ4n) is 8.28. The van der Waals surface area contributed by atoms with Crippen LogP contribution in [0.5, 0.6) is 23.0 Å². The number of hydrogen-bond acceptors (Lipinski definition) is 5. The van der Waals surface area contributed by atoms with E-state index >= 15 is 0 Å². The van der Waals surface area contributed by atoms with Gasteiger partial charge in [-0.25, -0.2) is 0 Å². The molecule has 0 saturated carbocycles. The van der Waals surface area contributed by atoms with Crippen LogP contribution in [0.4, 0.5) is 0 Å². The van der Waals surface area contributed by atoms with Crippen LogP contribution in [0.25, 0.3) is 55.6 Å². The Morgan fingerprint density at radius 1 is 0.613 bits per heavy atom. The predicted octanol–water partition coefficient (Wildman–Crippen LogP) is 10.8. The zero-order valence-corrected chi connectivity index (χ0v) is 39.8. The van der Waals surface area contributed by atoms with Gasteiger partial charge in [-0.3, -0.25) is 0 Å². The van der Waals surface area contributed by atoms with Crippen molar-refractivity contribution in [3.05, 3.63) is 164 Å². The fourth-order valence-corrected chi connectivity index (χ4v) is 10.3. The van der Waals surface area contributed by atoms with Crippen molar-refractivity contribution < 1.29 is 38.1 Å². The second-order valence-corrected chi connectivity index (χ2v) is 28.0. The Morgan fingerprint density at radius 2 is 1.27 bits per heavy atom. The summed E-state index contributed by atoms with van der Waals surface area (Å²) in [6, 6.07) is 50.5. The Labute approximate surface area is 383 Å². The molecular formula is C53H45BIrN2O3Si2-2. The van der Waals surface area contributed by atoms with Crippen LogP contribution in [0.1, 0.15) is 9.68 Å². The largest absolute Gasteiger partial charge is 0.501 e. The molecule has 0 spiro atoms. The summed E-state index contributed by atoms with van der Waals surface area (Å²) in [5.74, 6) is 3.40. The van der Waals surface area contributed by atoms with Crippen molar-refractivity contribution in [2.24, 2.45) is 0 Å². The normalized spacial score (nSPS) is 13.5. The van der Waals surface area contributed by atoms with E-state index < -0.39 is 23.0 Å². The first-order chi connectivity index (χ1) is 30.6. The Morgan fingerprint density at radius 3 is 1.95 bits per heavy atom. The van der Waals surface area contributed by atoms with Crippen molar-refractivity contribution in [1.82, 2.24) is 9.97 Å². The summed E-state index contributed by atoms with van der Waals surface area (Å²) in [5.41, 5.74) is 10.2. The summed E-state index contributed by atoms with van der Waals surface area (Å²) in [5, 5.41) is 4.68. The van der Waals surface area contributed by atoms with E-state index in [0.29, 0.717) is 11.1 Å². The molecule has 0 aliphatic carbocycles. The zero-order chi connectivity index (χ0) is 44.5. The second-order valence-electron chi connectivity index (χ2n) is 17.8. The van der Waals surface area contributed by atoms with Crippen LogP contribution in [0.3, 0.4) is 0 Å². The number of furan rings is 1. The Bertz CT molecular complexity index is 3240. The van der Waals surface area contributed by atoms with Crippen LogP contribution in [0, 0.1) is 19.0 Å². The Kier molecular flexibility index (Phi) is 9.86. The van der Waals surface area contributed by atoms with Gasteiger partial charge in [-0.2, -0.15) is 0 Å². The predicted molar refractivity (Wildman–Crippen MR) is 258 cm³/mol. The van der Waals surface area contributed by atoms with Crippen LogP contribution >= 0.6 is 0 Å². The van der Waals surface area contributed by atoms with Gasteiger partial charge >= 0.3 is 0 Å². The summed E-state index contributed by atoms with van der Waals surface area (Å²) >= 11 is 0. The standard InChI is InChI=1S/C32H23BNO3Si.C21H22NSi.Ir/c1-38(2,3)19-14-15-25(34-18-19)21-9-6-8-20-22-16-30-24(17-29(22)37-32(20)21)33-23-10-4-5-11-26(23)35-27-12-7-13-28(36-30)31(27)33;1-16-10-11-18(14-20(16)17-8-6-5-7-9-17)21-13-12-19(15-22-21)23(2,3)4;/h4-8,10-18H,1-3H3;5-10,12-15H,1-4H3;/q2*-1;/i;1D3;. The first kappa shape index (κ1) is 37.9. The molecule has 5 nitrogen and oxygen atoms in total. The maximum Gasteiger partial charge on any atom is 0.260 e. The molecule has 0 fully saturated rings. The fraction of sp³-hybridized carbons (Fsp3) is 0.132. The molecule has 2 aliphatic heterocycles. The van der Waals surface area contributed by atoms with Crippen LogP contribution in [-0.2, 0) is 20.1 Å². The van der Waals surface area contributed by atoms with Crippen molar-refractivity contribution in [3.8, 4) is 56.6 Å². The van der Waals surface area contributed by atoms with Gasteiger partial charge in [0.15, 0.2) is 0 Å². The molecule has 0 atom stereocenters. The van der Waals surface area contributed by atoms with Crippen LogP contribution in [0.15, 0.2) is 150 Å². The number of aryl methyl sites for hydroxylation is 1. The van der Waals surface area contributed by atoms with Gasteiger partial charge in [0.25, 0.3) is 6.71 Å². The van der Waals surface area contributed by atoms with E-state index in [9.17, 15) is 0 Å². The van der Waals surface area contributed by atoms with E-state index in [2.05, 4.69) is 105 Å². The van der Waals surface area contributed by atoms with Crippen LogP contribution in [-0.4, -0.2) is 32.8 Å². The van der Waals surface area contributed by atoms with Gasteiger partial charge in [0, 0.05) is 47.5 Å². The molecule has 1 radical (unpaired) electrons. The average Bonchev–Trinajstić information content (AvgIpc) is 3.65. The minimum absolute atomic E-state index is 0. The summed E-state index contributed by atoms with van der Waals surface area (Å²) in [7, 11) is -2.83. The summed E-state index contributed by atoms with van der Waals surface area (Å²) in [6.45, 7) is 11.7. The van der Waals surface area contributed by atoms with Gasteiger partial charge in [-0.05, 0) is 68.6 Å². The third-order valence-electron chi connectivity index (χ3n) is 11.7. The quantitative estimate of drug-likeness (QED) is 0.127. The molecule has 0 unspecified atom stereocenters. The number of para-hydroxylation sites is 1. The van der Waals surface area contributed by atoms with Crippen molar-refractivity contribution in [2.75, 3.05) is 0 Å². The summed E-state index contributed by atoms with van der Waals surface area (Å²) in [6.07, 6.45) is 3.95. The number of benzene rings is 6. The van der Waals surface area contributed by atoms with Crippen LogP contribution in [0.2, 0.25) is 39.3 Å². The third-order valence-corrected chi connectivity index (χ3v) is 15.7. The van der Waals surface area contributed by atoms with E-state index in [4.69, 9.17) is 23.0 Å². The summed E-state index contributed by atoms with van der Waals surface area (Å²) < 4.78 is 42.8. The molecule has 62 heavy (non-hydrogen) atoms. The molecule has 0 saturated heterocycles. The molecule has 307 valence electrons.